The van der Waals surface area contributed by atoms with E-state index in [1.807, 2.05) is 6.07 Å². The van der Waals surface area contributed by atoms with Gasteiger partial charge in [0.1, 0.15) is 11.9 Å². The number of aromatic nitrogens is 2. The summed E-state index contributed by atoms with van der Waals surface area (Å²) < 4.78 is 0. The molecule has 2 aromatic rings. The number of nitrogen functional groups attached to an aromatic ring is 1. The molecule has 0 radical (unpaired) electrons. The third kappa shape index (κ3) is 1.77. The van der Waals surface area contributed by atoms with Crippen LogP contribution in [0.4, 0.5) is 5.69 Å². The van der Waals surface area contributed by atoms with E-state index in [1.54, 1.807) is 18.2 Å². The van der Waals surface area contributed by atoms with Gasteiger partial charge in [0.2, 0.25) is 0 Å². The van der Waals surface area contributed by atoms with Gasteiger partial charge in [-0.1, -0.05) is 0 Å². The maximum Gasteiger partial charge on any atom is 0.251 e. The smallest absolute Gasteiger partial charge is 0.251 e. The molecule has 0 aliphatic rings. The van der Waals surface area contributed by atoms with Crippen LogP contribution < -0.4 is 11.3 Å². The number of hydrogen-bond acceptors (Lipinski definition) is 4. The molecular formula is C11H8N4O. The number of nitriles is 1. The summed E-state index contributed by atoms with van der Waals surface area (Å²) in [6, 6.07) is 8.19. The van der Waals surface area contributed by atoms with Gasteiger partial charge in [-0.05, 0) is 18.2 Å². The van der Waals surface area contributed by atoms with Crippen LogP contribution in [0.1, 0.15) is 5.56 Å². The van der Waals surface area contributed by atoms with E-state index in [4.69, 9.17) is 11.0 Å². The van der Waals surface area contributed by atoms with Crippen LogP contribution in [0.25, 0.3) is 11.4 Å². The predicted octanol–water partition coefficient (Wildman–Crippen LogP) is 0.891. The molecule has 16 heavy (non-hydrogen) atoms. The minimum atomic E-state index is -0.229. The molecule has 0 fully saturated rings. The summed E-state index contributed by atoms with van der Waals surface area (Å²) >= 11 is 0. The molecule has 0 saturated carbocycles. The number of nitrogens with zero attached hydrogens (tertiary/aromatic N) is 2. The molecule has 3 N–H and O–H groups in total. The normalized spacial score (nSPS) is 9.69. The third-order valence-electron chi connectivity index (χ3n) is 2.12. The fraction of sp³-hybridized carbons (Fsp3) is 0. The second-order valence-corrected chi connectivity index (χ2v) is 3.20. The van der Waals surface area contributed by atoms with Gasteiger partial charge in [0.15, 0.2) is 0 Å². The number of hydrogen-bond donors (Lipinski definition) is 2. The van der Waals surface area contributed by atoms with Crippen molar-refractivity contribution in [3.05, 3.63) is 46.4 Å². The number of anilines is 1. The Morgan fingerprint density at radius 2 is 2.19 bits per heavy atom. The molecular weight excluding hydrogens is 204 g/mol. The molecule has 0 aliphatic carbocycles. The number of aromatic amines is 1. The Hall–Kier alpha value is -2.61. The first-order valence-electron chi connectivity index (χ1n) is 4.56. The summed E-state index contributed by atoms with van der Waals surface area (Å²) in [5.74, 6) is 0.434. The Labute approximate surface area is 91.2 Å². The second kappa shape index (κ2) is 3.87. The molecule has 5 nitrogen and oxygen atoms in total. The van der Waals surface area contributed by atoms with Crippen LogP contribution in [0.2, 0.25) is 0 Å². The van der Waals surface area contributed by atoms with Crippen molar-refractivity contribution in [2.24, 2.45) is 0 Å². The van der Waals surface area contributed by atoms with Gasteiger partial charge in [0.05, 0.1) is 11.3 Å². The van der Waals surface area contributed by atoms with Gasteiger partial charge in [-0.2, -0.15) is 5.26 Å². The van der Waals surface area contributed by atoms with Crippen molar-refractivity contribution >= 4 is 5.69 Å². The van der Waals surface area contributed by atoms with Gasteiger partial charge < -0.3 is 10.7 Å². The van der Waals surface area contributed by atoms with Gasteiger partial charge in [0.25, 0.3) is 5.56 Å². The van der Waals surface area contributed by atoms with Crippen LogP contribution in [-0.2, 0) is 0 Å². The van der Waals surface area contributed by atoms with Gasteiger partial charge in [-0.3, -0.25) is 4.79 Å². The Morgan fingerprint density at radius 1 is 1.38 bits per heavy atom. The molecule has 0 amide bonds. The number of nitrogens with two attached hydrogens (primary N) is 1. The SMILES string of the molecule is N#Cc1ccc(-c2nccc(=O)[nH]2)cc1N. The molecule has 0 spiro atoms. The number of H-pyrrole nitrogens is 1. The average Bonchev–Trinajstić information content (AvgIpc) is 2.29. The van der Waals surface area contributed by atoms with Crippen molar-refractivity contribution in [3.8, 4) is 17.5 Å². The first kappa shape index (κ1) is 9.93. The first-order chi connectivity index (χ1) is 7.70. The molecule has 1 heterocycles. The van der Waals surface area contributed by atoms with Gasteiger partial charge in [-0.25, -0.2) is 4.98 Å². The van der Waals surface area contributed by atoms with E-state index >= 15 is 0 Å². The van der Waals surface area contributed by atoms with E-state index in [-0.39, 0.29) is 5.56 Å². The molecule has 1 aromatic carbocycles. The summed E-state index contributed by atoms with van der Waals surface area (Å²) in [7, 11) is 0. The maximum absolute atomic E-state index is 11.1. The monoisotopic (exact) mass is 212 g/mol. The highest BCUT2D eigenvalue weighted by atomic mass is 16.1. The number of nitrogens with one attached hydrogen (secondary N) is 1. The van der Waals surface area contributed by atoms with Crippen molar-refractivity contribution < 1.29 is 0 Å². The largest absolute Gasteiger partial charge is 0.398 e. The van der Waals surface area contributed by atoms with Crippen molar-refractivity contribution in [3.63, 3.8) is 0 Å². The molecule has 0 bridgehead atoms. The summed E-state index contributed by atoms with van der Waals surface area (Å²) in [5.41, 5.74) is 6.88. The number of benzene rings is 1. The molecule has 0 unspecified atom stereocenters. The van der Waals surface area contributed by atoms with Crippen molar-refractivity contribution in [2.45, 2.75) is 0 Å². The highest BCUT2D eigenvalue weighted by molar-refractivity contribution is 5.66. The molecule has 0 aliphatic heterocycles. The summed E-state index contributed by atoms with van der Waals surface area (Å²) in [5, 5.41) is 8.72. The lowest BCUT2D eigenvalue weighted by Crippen LogP contribution is -2.06. The van der Waals surface area contributed by atoms with Crippen LogP contribution in [0, 0.1) is 11.3 Å². The van der Waals surface area contributed by atoms with Crippen LogP contribution in [0.5, 0.6) is 0 Å². The Balaban J connectivity index is 2.54. The summed E-state index contributed by atoms with van der Waals surface area (Å²) in [4.78, 5) is 17.7. The highest BCUT2D eigenvalue weighted by Gasteiger charge is 2.03. The number of rotatable bonds is 1. The quantitative estimate of drug-likeness (QED) is 0.686. The lowest BCUT2D eigenvalue weighted by Gasteiger charge is -2.02. The van der Waals surface area contributed by atoms with E-state index in [2.05, 4.69) is 9.97 Å². The van der Waals surface area contributed by atoms with Crippen molar-refractivity contribution in [1.29, 1.82) is 5.26 Å². The first-order valence-corrected chi connectivity index (χ1v) is 4.56. The fourth-order valence-corrected chi connectivity index (χ4v) is 1.33. The van der Waals surface area contributed by atoms with Crippen molar-refractivity contribution in [1.82, 2.24) is 9.97 Å². The Morgan fingerprint density at radius 3 is 2.81 bits per heavy atom. The van der Waals surface area contributed by atoms with E-state index in [0.717, 1.165) is 0 Å². The van der Waals surface area contributed by atoms with Crippen LogP contribution in [0.3, 0.4) is 0 Å². The molecule has 1 aromatic heterocycles. The fourth-order valence-electron chi connectivity index (χ4n) is 1.33. The minimum Gasteiger partial charge on any atom is -0.398 e. The lowest BCUT2D eigenvalue weighted by atomic mass is 10.1. The Bertz CT molecular complexity index is 624. The predicted molar refractivity (Wildman–Crippen MR) is 59.4 cm³/mol. The zero-order chi connectivity index (χ0) is 11.5. The maximum atomic E-state index is 11.1. The Kier molecular flexibility index (Phi) is 2.40. The second-order valence-electron chi connectivity index (χ2n) is 3.20. The van der Waals surface area contributed by atoms with Crippen LogP contribution in [0.15, 0.2) is 35.3 Å². The third-order valence-corrected chi connectivity index (χ3v) is 2.12. The highest BCUT2D eigenvalue weighted by Crippen LogP contribution is 2.19. The van der Waals surface area contributed by atoms with Crippen LogP contribution in [-0.4, -0.2) is 9.97 Å². The van der Waals surface area contributed by atoms with E-state index in [0.29, 0.717) is 22.6 Å². The molecule has 78 valence electrons. The van der Waals surface area contributed by atoms with Gasteiger partial charge in [-0.15, -0.1) is 0 Å². The van der Waals surface area contributed by atoms with Crippen molar-refractivity contribution in [2.75, 3.05) is 5.73 Å². The molecule has 5 heteroatoms. The molecule has 0 saturated heterocycles. The minimum absolute atomic E-state index is 0.229. The molecule has 0 atom stereocenters. The summed E-state index contributed by atoms with van der Waals surface area (Å²) in [6.07, 6.45) is 1.42. The molecule has 2 rings (SSSR count). The summed E-state index contributed by atoms with van der Waals surface area (Å²) in [6.45, 7) is 0. The van der Waals surface area contributed by atoms with Gasteiger partial charge in [0, 0.05) is 17.8 Å². The average molecular weight is 212 g/mol. The van der Waals surface area contributed by atoms with E-state index in [9.17, 15) is 4.79 Å². The zero-order valence-electron chi connectivity index (χ0n) is 8.27. The zero-order valence-corrected chi connectivity index (χ0v) is 8.27. The van der Waals surface area contributed by atoms with Crippen LogP contribution >= 0.6 is 0 Å². The van der Waals surface area contributed by atoms with E-state index in [1.165, 1.54) is 12.3 Å². The topological polar surface area (TPSA) is 95.6 Å². The standard InChI is InChI=1S/C11H8N4O/c12-6-8-2-1-7(5-9(8)13)11-14-4-3-10(16)15-11/h1-5H,13H2,(H,14,15,16). The lowest BCUT2D eigenvalue weighted by molar-refractivity contribution is 1.13. The van der Waals surface area contributed by atoms with Gasteiger partial charge >= 0.3 is 0 Å². The van der Waals surface area contributed by atoms with E-state index < -0.39 is 0 Å².